The van der Waals surface area contributed by atoms with Gasteiger partial charge in [-0.15, -0.1) is 11.3 Å². The average Bonchev–Trinajstić information content (AvgIpc) is 3.37. The fourth-order valence-corrected chi connectivity index (χ4v) is 5.23. The SMILES string of the molecule is CC(C)(C)c1csc(NC(=O)c2ccn3c(=O)c(/C=C/C(=O)O)c(N4CCC(OC(N)=O)C(OC(N)=O)C4)nc3c2)n1. The third-order valence-corrected chi connectivity index (χ3v) is 7.08. The molecular formula is C26H29N7O8S. The number of carboxylic acids is 1. The number of carbonyl (C=O) groups excluding carboxylic acids is 3. The molecule has 6 N–H and O–H groups in total. The van der Waals surface area contributed by atoms with E-state index in [2.05, 4.69) is 15.3 Å². The second-order valence-corrected chi connectivity index (χ2v) is 11.3. The van der Waals surface area contributed by atoms with Crippen molar-refractivity contribution in [3.05, 3.63) is 57.0 Å². The van der Waals surface area contributed by atoms with Crippen LogP contribution in [0.3, 0.4) is 0 Å². The van der Waals surface area contributed by atoms with Crippen LogP contribution in [0.15, 0.2) is 34.6 Å². The summed E-state index contributed by atoms with van der Waals surface area (Å²) in [6.45, 7) is 6.07. The molecule has 0 bridgehead atoms. The first kappa shape index (κ1) is 30.0. The van der Waals surface area contributed by atoms with Gasteiger partial charge in [0.05, 0.1) is 17.8 Å². The van der Waals surface area contributed by atoms with E-state index in [9.17, 15) is 29.1 Å². The monoisotopic (exact) mass is 599 g/mol. The molecule has 2 atom stereocenters. The molecule has 3 aromatic heterocycles. The van der Waals surface area contributed by atoms with Crippen LogP contribution >= 0.6 is 11.3 Å². The number of ether oxygens (including phenoxy) is 2. The van der Waals surface area contributed by atoms with Gasteiger partial charge in [-0.2, -0.15) is 0 Å². The highest BCUT2D eigenvalue weighted by molar-refractivity contribution is 7.14. The van der Waals surface area contributed by atoms with Gasteiger partial charge in [0.2, 0.25) is 0 Å². The van der Waals surface area contributed by atoms with Crippen LogP contribution in [0.2, 0.25) is 0 Å². The van der Waals surface area contributed by atoms with E-state index in [4.69, 9.17) is 20.9 Å². The number of piperidine rings is 1. The Morgan fingerprint density at radius 2 is 1.83 bits per heavy atom. The maximum atomic E-state index is 13.5. The Kier molecular flexibility index (Phi) is 8.46. The molecule has 4 rings (SSSR count). The Balaban J connectivity index is 1.73. The highest BCUT2D eigenvalue weighted by Gasteiger charge is 2.36. The van der Waals surface area contributed by atoms with Crippen LogP contribution in [0, 0.1) is 0 Å². The van der Waals surface area contributed by atoms with Crippen molar-refractivity contribution < 1.29 is 33.8 Å². The van der Waals surface area contributed by atoms with Crippen molar-refractivity contribution in [2.24, 2.45) is 11.5 Å². The number of aromatic nitrogens is 3. The number of nitrogens with zero attached hydrogens (tertiary/aromatic N) is 4. The van der Waals surface area contributed by atoms with Crippen LogP contribution in [0.5, 0.6) is 0 Å². The zero-order valence-corrected chi connectivity index (χ0v) is 23.7. The summed E-state index contributed by atoms with van der Waals surface area (Å²) in [6, 6.07) is 2.83. The summed E-state index contributed by atoms with van der Waals surface area (Å²) in [5.41, 5.74) is 10.6. The van der Waals surface area contributed by atoms with Crippen LogP contribution in [0.4, 0.5) is 20.5 Å². The first-order valence-electron chi connectivity index (χ1n) is 12.6. The second-order valence-electron chi connectivity index (χ2n) is 10.4. The predicted molar refractivity (Wildman–Crippen MR) is 153 cm³/mol. The van der Waals surface area contributed by atoms with Crippen LogP contribution in [0.1, 0.15) is 48.8 Å². The fourth-order valence-electron chi connectivity index (χ4n) is 4.30. The van der Waals surface area contributed by atoms with Crippen molar-refractivity contribution in [3.8, 4) is 0 Å². The van der Waals surface area contributed by atoms with E-state index >= 15 is 0 Å². The van der Waals surface area contributed by atoms with E-state index in [0.717, 1.165) is 17.8 Å². The van der Waals surface area contributed by atoms with E-state index in [1.807, 2.05) is 26.2 Å². The summed E-state index contributed by atoms with van der Waals surface area (Å²) in [7, 11) is 0. The van der Waals surface area contributed by atoms with Gasteiger partial charge < -0.3 is 30.9 Å². The summed E-state index contributed by atoms with van der Waals surface area (Å²) in [5.74, 6) is -1.71. The van der Waals surface area contributed by atoms with Crippen LogP contribution in [0.25, 0.3) is 11.7 Å². The van der Waals surface area contributed by atoms with E-state index in [0.29, 0.717) is 5.13 Å². The number of hydrogen-bond donors (Lipinski definition) is 4. The van der Waals surface area contributed by atoms with E-state index in [1.54, 1.807) is 4.90 Å². The second kappa shape index (κ2) is 11.9. The van der Waals surface area contributed by atoms with Crippen LogP contribution in [-0.2, 0) is 19.7 Å². The average molecular weight is 600 g/mol. The lowest BCUT2D eigenvalue weighted by molar-refractivity contribution is -0.131. The molecule has 16 heteroatoms. The number of carbonyl (C=O) groups is 4. The van der Waals surface area contributed by atoms with Gasteiger partial charge in [0.1, 0.15) is 17.6 Å². The van der Waals surface area contributed by atoms with Gasteiger partial charge in [-0.25, -0.2) is 24.4 Å². The molecule has 3 amide bonds. The third kappa shape index (κ3) is 6.83. The maximum absolute atomic E-state index is 13.5. The van der Waals surface area contributed by atoms with Crippen molar-refractivity contribution in [1.82, 2.24) is 14.4 Å². The number of fused-ring (bicyclic) bond motifs is 1. The van der Waals surface area contributed by atoms with E-state index < -0.39 is 41.8 Å². The number of primary amides is 2. The lowest BCUT2D eigenvalue weighted by Crippen LogP contribution is -2.52. The van der Waals surface area contributed by atoms with Crippen molar-refractivity contribution in [3.63, 3.8) is 0 Å². The molecule has 42 heavy (non-hydrogen) atoms. The number of anilines is 2. The van der Waals surface area contributed by atoms with Crippen molar-refractivity contribution in [2.75, 3.05) is 23.3 Å². The first-order valence-corrected chi connectivity index (χ1v) is 13.5. The molecule has 0 saturated carbocycles. The molecule has 1 aliphatic rings. The van der Waals surface area contributed by atoms with Gasteiger partial charge in [-0.3, -0.25) is 19.3 Å². The molecule has 3 aromatic rings. The molecule has 0 aromatic carbocycles. The highest BCUT2D eigenvalue weighted by Crippen LogP contribution is 2.28. The zero-order valence-electron chi connectivity index (χ0n) is 22.9. The smallest absolute Gasteiger partial charge is 0.404 e. The molecule has 222 valence electrons. The Hall–Kier alpha value is -4.99. The maximum Gasteiger partial charge on any atom is 0.404 e. The highest BCUT2D eigenvalue weighted by atomic mass is 32.1. The van der Waals surface area contributed by atoms with Crippen LogP contribution in [-0.4, -0.2) is 68.8 Å². The molecule has 1 aliphatic heterocycles. The number of amides is 3. The Morgan fingerprint density at radius 1 is 1.14 bits per heavy atom. The summed E-state index contributed by atoms with van der Waals surface area (Å²) < 4.78 is 11.4. The van der Waals surface area contributed by atoms with E-state index in [-0.39, 0.29) is 47.5 Å². The normalized spacial score (nSPS) is 17.3. The van der Waals surface area contributed by atoms with Gasteiger partial charge in [0.15, 0.2) is 11.2 Å². The Bertz CT molecular complexity index is 1640. The number of pyridine rings is 1. The van der Waals surface area contributed by atoms with Gasteiger partial charge in [-0.1, -0.05) is 20.8 Å². The molecule has 0 spiro atoms. The number of carboxylic acid groups (broad SMARTS) is 1. The van der Waals surface area contributed by atoms with Crippen LogP contribution < -0.4 is 27.2 Å². The van der Waals surface area contributed by atoms with Gasteiger partial charge >= 0.3 is 18.2 Å². The number of rotatable bonds is 7. The van der Waals surface area contributed by atoms with Crippen molar-refractivity contribution >= 4 is 58.1 Å². The quantitative estimate of drug-likeness (QED) is 0.287. The minimum Gasteiger partial charge on any atom is -0.478 e. The molecule has 4 heterocycles. The van der Waals surface area contributed by atoms with Gasteiger partial charge in [-0.05, 0) is 18.2 Å². The summed E-state index contributed by atoms with van der Waals surface area (Å²) in [5, 5.41) is 14.2. The lowest BCUT2D eigenvalue weighted by atomic mass is 9.93. The van der Waals surface area contributed by atoms with Crippen molar-refractivity contribution in [1.29, 1.82) is 0 Å². The van der Waals surface area contributed by atoms with Gasteiger partial charge in [0, 0.05) is 41.6 Å². The lowest BCUT2D eigenvalue weighted by Gasteiger charge is -2.37. The predicted octanol–water partition coefficient (Wildman–Crippen LogP) is 1.94. The molecule has 0 radical (unpaired) electrons. The fraction of sp³-hybridized carbons (Fsp3) is 0.346. The zero-order chi connectivity index (χ0) is 30.8. The standard InChI is InChI=1S/C26H29N7O8S/c1-26(2,3)17-12-42-25(29-17)31-21(36)13-6-9-33-18(10-13)30-20(14(22(33)37)4-5-19(34)35)32-8-7-15(40-23(27)38)16(11-32)41-24(28)39/h4-6,9-10,12,15-16H,7-8,11H2,1-3H3,(H2,27,38)(H2,28,39)(H,34,35)(H,29,31,36)/b5-4+. The Morgan fingerprint density at radius 3 is 2.45 bits per heavy atom. The number of thiazole rings is 1. The molecule has 1 fully saturated rings. The molecule has 15 nitrogen and oxygen atoms in total. The number of hydrogen-bond acceptors (Lipinski definition) is 11. The summed E-state index contributed by atoms with van der Waals surface area (Å²) in [4.78, 5) is 71.3. The minimum absolute atomic E-state index is 0.0559. The minimum atomic E-state index is -1.29. The number of aliphatic carboxylic acids is 1. The summed E-state index contributed by atoms with van der Waals surface area (Å²) >= 11 is 1.28. The van der Waals surface area contributed by atoms with Gasteiger partial charge in [0.25, 0.3) is 11.5 Å². The number of nitrogens with two attached hydrogens (primary N) is 2. The third-order valence-electron chi connectivity index (χ3n) is 6.33. The molecule has 0 aliphatic carbocycles. The van der Waals surface area contributed by atoms with Crippen molar-refractivity contribution in [2.45, 2.75) is 44.8 Å². The molecule has 1 saturated heterocycles. The first-order chi connectivity index (χ1) is 19.7. The largest absolute Gasteiger partial charge is 0.478 e. The number of nitrogens with one attached hydrogen (secondary N) is 1. The molecule has 2 unspecified atom stereocenters. The Labute approximate surface area is 242 Å². The van der Waals surface area contributed by atoms with E-state index in [1.165, 1.54) is 34.1 Å². The summed E-state index contributed by atoms with van der Waals surface area (Å²) in [6.07, 6.45) is -0.798. The topological polar surface area (TPSA) is 222 Å². The molecular weight excluding hydrogens is 570 g/mol.